The van der Waals surface area contributed by atoms with Gasteiger partial charge < -0.3 is 5.11 Å². The second kappa shape index (κ2) is 5.43. The summed E-state index contributed by atoms with van der Waals surface area (Å²) in [6.07, 6.45) is 1.64. The van der Waals surface area contributed by atoms with Gasteiger partial charge in [-0.25, -0.2) is 0 Å². The fourth-order valence-corrected chi connectivity index (χ4v) is 1.63. The first-order valence-electron chi connectivity index (χ1n) is 5.57. The number of aromatic nitrogens is 2. The van der Waals surface area contributed by atoms with Crippen LogP contribution in [-0.2, 0) is 0 Å². The molecule has 0 bridgehead atoms. The van der Waals surface area contributed by atoms with Crippen molar-refractivity contribution in [3.63, 3.8) is 0 Å². The summed E-state index contributed by atoms with van der Waals surface area (Å²) < 4.78 is 0. The molecule has 1 heterocycles. The van der Waals surface area contributed by atoms with Crippen LogP contribution in [-0.4, -0.2) is 36.1 Å². The van der Waals surface area contributed by atoms with E-state index >= 15 is 0 Å². The molecule has 2 aromatic rings. The van der Waals surface area contributed by atoms with Gasteiger partial charge in [0.25, 0.3) is 0 Å². The third kappa shape index (κ3) is 2.68. The highest BCUT2D eigenvalue weighted by Gasteiger charge is 2.11. The van der Waals surface area contributed by atoms with Crippen molar-refractivity contribution in [3.8, 4) is 17.0 Å². The van der Waals surface area contributed by atoms with E-state index in [0.717, 1.165) is 0 Å². The molecule has 1 aromatic carbocycles. The van der Waals surface area contributed by atoms with Crippen LogP contribution in [0, 0.1) is 0 Å². The van der Waals surface area contributed by atoms with E-state index in [1.54, 1.807) is 31.3 Å². The third-order valence-electron chi connectivity index (χ3n) is 2.49. The number of aromatic hydroxyl groups is 1. The van der Waals surface area contributed by atoms with E-state index in [1.165, 1.54) is 6.07 Å². The number of nitrogens with zero attached hydrogens (tertiary/aromatic N) is 4. The topological polar surface area (TPSA) is 70.7 Å². The van der Waals surface area contributed by atoms with E-state index in [1.807, 2.05) is 0 Å². The normalized spacial score (nSPS) is 10.8. The van der Waals surface area contributed by atoms with Gasteiger partial charge in [-0.1, -0.05) is 0 Å². The summed E-state index contributed by atoms with van der Waals surface area (Å²) in [4.78, 5) is 8.00. The average molecular weight is 250 g/mol. The Bertz CT molecular complexity index is 638. The van der Waals surface area contributed by atoms with Crippen LogP contribution in [0.25, 0.3) is 11.3 Å². The maximum absolute atomic E-state index is 10.00. The number of hydrogen-bond donors (Lipinski definition) is 1. The fourth-order valence-electron chi connectivity index (χ4n) is 1.63. The van der Waals surface area contributed by atoms with Crippen molar-refractivity contribution in [2.24, 2.45) is 9.98 Å². The molecule has 0 saturated heterocycles. The van der Waals surface area contributed by atoms with Gasteiger partial charge >= 0.3 is 0 Å². The summed E-state index contributed by atoms with van der Waals surface area (Å²) in [6, 6.07) is 6.46. The molecule has 0 unspecified atom stereocenters. The molecule has 0 aliphatic heterocycles. The zero-order valence-corrected chi connectivity index (χ0v) is 10.4. The van der Waals surface area contributed by atoms with Gasteiger partial charge in [-0.3, -0.25) is 9.98 Å². The lowest BCUT2D eigenvalue weighted by molar-refractivity contribution is 0.477. The molecule has 0 fully saturated rings. The van der Waals surface area contributed by atoms with Crippen LogP contribution in [0.15, 0.2) is 34.3 Å². The molecule has 0 atom stereocenters. The Morgan fingerprint density at radius 3 is 2.63 bits per heavy atom. The predicted molar refractivity (Wildman–Crippen MR) is 77.6 cm³/mol. The van der Waals surface area contributed by atoms with Crippen molar-refractivity contribution in [1.29, 1.82) is 0 Å². The van der Waals surface area contributed by atoms with Crippen molar-refractivity contribution < 1.29 is 5.11 Å². The first-order valence-corrected chi connectivity index (χ1v) is 5.57. The van der Waals surface area contributed by atoms with Gasteiger partial charge in [-0.05, 0) is 31.8 Å². The second-order valence-corrected chi connectivity index (χ2v) is 3.75. The molecule has 92 valence electrons. The van der Waals surface area contributed by atoms with E-state index < -0.39 is 0 Å². The van der Waals surface area contributed by atoms with Crippen LogP contribution in [0.4, 0.5) is 11.4 Å². The highest BCUT2D eigenvalue weighted by molar-refractivity contribution is 6.30. The molecular formula is C13H11BN4O. The van der Waals surface area contributed by atoms with Gasteiger partial charge in [0.2, 0.25) is 0 Å². The Balaban J connectivity index is 2.60. The largest absolute Gasteiger partial charge is 0.507 e. The Kier molecular flexibility index (Phi) is 3.70. The molecule has 0 spiro atoms. The summed E-state index contributed by atoms with van der Waals surface area (Å²) in [5, 5.41) is 17.7. The summed E-state index contributed by atoms with van der Waals surface area (Å²) in [5.74, 6) is 0.0384. The number of phenols is 1. The Morgan fingerprint density at radius 1 is 1.26 bits per heavy atom. The van der Waals surface area contributed by atoms with Gasteiger partial charge in [0.1, 0.15) is 13.6 Å². The Labute approximate surface area is 112 Å². The number of benzene rings is 1. The maximum atomic E-state index is 10.00. The van der Waals surface area contributed by atoms with E-state index in [9.17, 15) is 5.11 Å². The molecule has 6 heteroatoms. The molecule has 0 saturated carbocycles. The molecular weight excluding hydrogens is 239 g/mol. The summed E-state index contributed by atoms with van der Waals surface area (Å²) in [7, 11) is 5.48. The lowest BCUT2D eigenvalue weighted by Gasteiger charge is -2.07. The summed E-state index contributed by atoms with van der Waals surface area (Å²) in [5.41, 5.74) is 2.45. The van der Waals surface area contributed by atoms with Crippen molar-refractivity contribution in [2.75, 3.05) is 0 Å². The van der Waals surface area contributed by atoms with Crippen LogP contribution >= 0.6 is 0 Å². The molecule has 2 radical (unpaired) electrons. The number of aliphatic imine (C=N–C) groups is 2. The average Bonchev–Trinajstić information content (AvgIpc) is 2.41. The molecule has 5 nitrogen and oxygen atoms in total. The van der Waals surface area contributed by atoms with Crippen LogP contribution in [0.2, 0.25) is 0 Å². The van der Waals surface area contributed by atoms with Crippen molar-refractivity contribution in [2.45, 2.75) is 6.92 Å². The second-order valence-electron chi connectivity index (χ2n) is 3.75. The minimum Gasteiger partial charge on any atom is -0.507 e. The lowest BCUT2D eigenvalue weighted by Crippen LogP contribution is -2.09. The van der Waals surface area contributed by atoms with E-state index in [-0.39, 0.29) is 5.75 Å². The molecule has 1 N–H and O–H groups in total. The van der Waals surface area contributed by atoms with Gasteiger partial charge in [0, 0.05) is 23.4 Å². The molecule has 19 heavy (non-hydrogen) atoms. The van der Waals surface area contributed by atoms with Crippen LogP contribution < -0.4 is 5.59 Å². The quantitative estimate of drug-likeness (QED) is 0.665. The number of rotatable bonds is 3. The smallest absolute Gasteiger partial charge is 0.144 e. The number of phenolic OH excluding ortho intramolecular Hbond substituents is 1. The first kappa shape index (κ1) is 12.9. The van der Waals surface area contributed by atoms with E-state index in [4.69, 9.17) is 7.85 Å². The highest BCUT2D eigenvalue weighted by Crippen LogP contribution is 2.38. The van der Waals surface area contributed by atoms with Crippen molar-refractivity contribution in [3.05, 3.63) is 24.3 Å². The van der Waals surface area contributed by atoms with Crippen LogP contribution in [0.5, 0.6) is 5.75 Å². The van der Waals surface area contributed by atoms with Crippen molar-refractivity contribution in [1.82, 2.24) is 10.2 Å². The summed E-state index contributed by atoms with van der Waals surface area (Å²) in [6.45, 7) is 5.24. The first-order chi connectivity index (χ1) is 9.15. The molecule has 1 aromatic heterocycles. The molecule has 2 rings (SSSR count). The van der Waals surface area contributed by atoms with Crippen LogP contribution in [0.3, 0.4) is 0 Å². The summed E-state index contributed by atoms with van der Waals surface area (Å²) >= 11 is 0. The van der Waals surface area contributed by atoms with Gasteiger partial charge in [-0.2, -0.15) is 10.2 Å². The van der Waals surface area contributed by atoms with Gasteiger partial charge in [-0.15, -0.1) is 0 Å². The Morgan fingerprint density at radius 2 is 2.05 bits per heavy atom. The molecule has 0 aliphatic rings. The van der Waals surface area contributed by atoms with Gasteiger partial charge in [0.15, 0.2) is 0 Å². The van der Waals surface area contributed by atoms with E-state index in [2.05, 4.69) is 26.9 Å². The lowest BCUT2D eigenvalue weighted by atomic mass is 10.0. The standard InChI is InChI=1S/C13H11BN4O/c1-3-16-11-6-8(12(19)7-10(11)15-2)9-4-5-13(14)18-17-9/h3-7,19H,2H2,1H3. The van der Waals surface area contributed by atoms with E-state index in [0.29, 0.717) is 28.2 Å². The molecule has 0 amide bonds. The predicted octanol–water partition coefficient (Wildman–Crippen LogP) is 1.70. The fraction of sp³-hybridized carbons (Fsp3) is 0.0769. The maximum Gasteiger partial charge on any atom is 0.144 e. The zero-order valence-electron chi connectivity index (χ0n) is 10.4. The number of hydrogen-bond acceptors (Lipinski definition) is 5. The van der Waals surface area contributed by atoms with Crippen molar-refractivity contribution >= 4 is 37.7 Å². The zero-order chi connectivity index (χ0) is 13.8. The molecule has 0 aliphatic carbocycles. The minimum atomic E-state index is 0.0384. The van der Waals surface area contributed by atoms with Gasteiger partial charge in [0.05, 0.1) is 17.1 Å². The van der Waals surface area contributed by atoms with Crippen LogP contribution in [0.1, 0.15) is 6.92 Å². The monoisotopic (exact) mass is 250 g/mol. The minimum absolute atomic E-state index is 0.0384. The Hall–Kier alpha value is -2.50. The highest BCUT2D eigenvalue weighted by atomic mass is 16.3. The third-order valence-corrected chi connectivity index (χ3v) is 2.49. The SMILES string of the molecule is [B]c1ccc(-c2cc(N=CC)c(N=C)cc2O)nn1.